The largest absolute Gasteiger partial charge is 0.619 e. The summed E-state index contributed by atoms with van der Waals surface area (Å²) in [5.74, 6) is -1.49. The van der Waals surface area contributed by atoms with Crippen LogP contribution < -0.4 is 18.9 Å². The number of hydrogen-bond acceptors (Lipinski definition) is 10. The zero-order valence-corrected chi connectivity index (χ0v) is 33.7. The number of benzene rings is 3. The summed E-state index contributed by atoms with van der Waals surface area (Å²) in [7, 11) is -4.47. The molecule has 3 atom stereocenters. The number of aryl methyl sites for hydroxylation is 1. The highest BCUT2D eigenvalue weighted by Crippen LogP contribution is 2.38. The van der Waals surface area contributed by atoms with Crippen LogP contribution in [0.25, 0.3) is 0 Å². The molecule has 3 aliphatic heterocycles. The number of halogens is 4. The number of fused-ring (bicyclic) bond motifs is 3. The number of aromatic nitrogens is 1. The quantitative estimate of drug-likeness (QED) is 0.0702. The fourth-order valence-corrected chi connectivity index (χ4v) is 8.96. The molecule has 1 N–H and O–H groups in total. The van der Waals surface area contributed by atoms with E-state index in [1.807, 2.05) is 6.92 Å². The predicted octanol–water partition coefficient (Wildman–Crippen LogP) is 7.12. The van der Waals surface area contributed by atoms with Crippen molar-refractivity contribution < 1.29 is 50.5 Å². The Bertz CT molecular complexity index is 2230. The van der Waals surface area contributed by atoms with E-state index in [0.717, 1.165) is 62.8 Å². The molecule has 308 valence electrons. The molecule has 4 aromatic rings. The summed E-state index contributed by atoms with van der Waals surface area (Å²) in [6.07, 6.45) is 4.03. The first-order valence-electron chi connectivity index (χ1n) is 18.8. The van der Waals surface area contributed by atoms with Gasteiger partial charge in [0.05, 0.1) is 17.1 Å². The van der Waals surface area contributed by atoms with Crippen molar-refractivity contribution in [1.82, 2.24) is 9.62 Å². The van der Waals surface area contributed by atoms with E-state index < -0.39 is 40.7 Å². The van der Waals surface area contributed by atoms with Gasteiger partial charge in [-0.15, -0.1) is 0 Å². The summed E-state index contributed by atoms with van der Waals surface area (Å²) in [5, 5.41) is 11.9. The second-order valence-corrected chi connectivity index (χ2v) is 17.4. The Kier molecular flexibility index (Phi) is 12.7. The van der Waals surface area contributed by atoms with Crippen molar-refractivity contribution in [1.29, 1.82) is 0 Å². The van der Waals surface area contributed by atoms with Crippen molar-refractivity contribution in [3.05, 3.63) is 122 Å². The molecular formula is C41H41Cl2F2N3O9S. The number of nitrogens with one attached hydrogen (secondary N) is 1. The number of esters is 2. The zero-order valence-electron chi connectivity index (χ0n) is 31.3. The molecule has 58 heavy (non-hydrogen) atoms. The highest BCUT2D eigenvalue weighted by atomic mass is 35.5. The second-order valence-electron chi connectivity index (χ2n) is 14.8. The number of piperidine rings is 3. The Balaban J connectivity index is 1.16. The Morgan fingerprint density at radius 2 is 1.64 bits per heavy atom. The van der Waals surface area contributed by atoms with E-state index in [4.69, 9.17) is 37.4 Å². The Morgan fingerprint density at radius 1 is 0.948 bits per heavy atom. The van der Waals surface area contributed by atoms with E-state index in [-0.39, 0.29) is 74.1 Å². The van der Waals surface area contributed by atoms with Crippen molar-refractivity contribution >= 4 is 45.2 Å². The van der Waals surface area contributed by atoms with E-state index in [9.17, 15) is 32.0 Å². The molecule has 4 fully saturated rings. The highest BCUT2D eigenvalue weighted by molar-refractivity contribution is 7.89. The van der Waals surface area contributed by atoms with Gasteiger partial charge in [-0.3, -0.25) is 4.90 Å². The van der Waals surface area contributed by atoms with E-state index >= 15 is 0 Å². The molecule has 4 aliphatic rings. The molecule has 1 aliphatic carbocycles. The number of carbonyl (C=O) groups is 2. The van der Waals surface area contributed by atoms with Crippen molar-refractivity contribution in [3.63, 3.8) is 0 Å². The third-order valence-electron chi connectivity index (χ3n) is 10.6. The number of alkyl halides is 2. The van der Waals surface area contributed by atoms with Crippen LogP contribution in [0.2, 0.25) is 10.0 Å². The summed E-state index contributed by atoms with van der Waals surface area (Å²) in [6.45, 7) is 1.43. The minimum absolute atomic E-state index is 0.0114. The van der Waals surface area contributed by atoms with Gasteiger partial charge in [-0.25, -0.2) is 18.0 Å². The van der Waals surface area contributed by atoms with Gasteiger partial charge in [0.2, 0.25) is 10.0 Å². The highest BCUT2D eigenvalue weighted by Gasteiger charge is 2.39. The van der Waals surface area contributed by atoms with Crippen LogP contribution in [0.1, 0.15) is 70.4 Å². The van der Waals surface area contributed by atoms with Crippen molar-refractivity contribution in [3.8, 4) is 11.5 Å². The fourth-order valence-electron chi connectivity index (χ4n) is 7.15. The van der Waals surface area contributed by atoms with Crippen LogP contribution in [-0.2, 0) is 30.7 Å². The van der Waals surface area contributed by atoms with Crippen molar-refractivity contribution in [2.45, 2.75) is 68.8 Å². The normalized spacial score (nSPS) is 20.0. The lowest BCUT2D eigenvalue weighted by Crippen LogP contribution is -2.52. The van der Waals surface area contributed by atoms with Gasteiger partial charge in [-0.1, -0.05) is 65.2 Å². The number of pyridine rings is 1. The van der Waals surface area contributed by atoms with Gasteiger partial charge < -0.3 is 24.2 Å². The number of hydrogen-bond donors (Lipinski definition) is 1. The lowest BCUT2D eigenvalue weighted by Gasteiger charge is -2.44. The lowest BCUT2D eigenvalue weighted by atomic mass is 9.86. The van der Waals surface area contributed by atoms with Gasteiger partial charge in [-0.2, -0.15) is 18.2 Å². The molecule has 3 saturated heterocycles. The molecule has 1 saturated carbocycles. The van der Waals surface area contributed by atoms with Gasteiger partial charge in [0.1, 0.15) is 28.3 Å². The number of ether oxygens (including phenoxy) is 4. The summed E-state index contributed by atoms with van der Waals surface area (Å²) < 4.78 is 80.0. The molecule has 17 heteroatoms. The smallest absolute Gasteiger partial charge is 0.387 e. The van der Waals surface area contributed by atoms with E-state index in [1.54, 1.807) is 24.3 Å². The van der Waals surface area contributed by atoms with E-state index in [0.29, 0.717) is 16.8 Å². The summed E-state index contributed by atoms with van der Waals surface area (Å²) in [4.78, 5) is 29.6. The average molecular weight is 861 g/mol. The first kappa shape index (κ1) is 41.6. The summed E-state index contributed by atoms with van der Waals surface area (Å²) in [5.41, 5.74) is 1.64. The molecule has 1 unspecified atom stereocenters. The molecule has 1 aromatic heterocycles. The molecule has 8 rings (SSSR count). The number of carbonyl (C=O) groups excluding carboxylic acids is 2. The van der Waals surface area contributed by atoms with Gasteiger partial charge in [-0.05, 0) is 99.0 Å². The van der Waals surface area contributed by atoms with Crippen LogP contribution in [0.5, 0.6) is 11.5 Å². The first-order chi connectivity index (χ1) is 27.7. The Labute approximate surface area is 344 Å². The van der Waals surface area contributed by atoms with Gasteiger partial charge >= 0.3 is 18.6 Å². The predicted molar refractivity (Wildman–Crippen MR) is 208 cm³/mol. The maximum atomic E-state index is 14.0. The molecule has 0 spiro atoms. The molecule has 0 amide bonds. The minimum atomic E-state index is -4.47. The molecule has 4 heterocycles. The summed E-state index contributed by atoms with van der Waals surface area (Å²) >= 11 is 12.8. The summed E-state index contributed by atoms with van der Waals surface area (Å²) in [6, 6.07) is 14.6. The SMILES string of the molecule is Cc1ccc(C(NS(=O)(=O)c2cccc(C(=O)O[C@@H](Cc3c(Cl)c[n+]([O-])cc3Cl)c3ccc(OC(F)F)c(OCC4CC4)c3)c2)C(=O)O[C@H]2CN3CCC2CC3)cc1. The maximum Gasteiger partial charge on any atom is 0.387 e. The standard InChI is InChI=1S/C41H41Cl2F2N3O9S/c1-24-5-9-27(10-6-24)38(40(50)56-37-22-47-15-13-26(37)14-16-47)46-58(52,53)30-4-2-3-29(17-30)39(49)55-35(19-31-32(42)20-48(51)21-33(31)43)28-11-12-34(57-41(44)45)36(18-28)54-23-25-7-8-25/h2-6,9-12,17-18,20-21,25-26,35,37-38,41,46H,7-8,13-16,19,22-23H2,1H3/t35-,37-,38?/m0/s1. The third-order valence-corrected chi connectivity index (χ3v) is 12.7. The second kappa shape index (κ2) is 17.8. The monoisotopic (exact) mass is 859 g/mol. The molecule has 12 nitrogen and oxygen atoms in total. The minimum Gasteiger partial charge on any atom is -0.619 e. The lowest BCUT2D eigenvalue weighted by molar-refractivity contribution is -0.605. The number of rotatable bonds is 16. The van der Waals surface area contributed by atoms with Crippen LogP contribution in [-0.4, -0.2) is 64.2 Å². The van der Waals surface area contributed by atoms with Gasteiger partial charge in [0, 0.05) is 18.5 Å². The third kappa shape index (κ3) is 10.2. The topological polar surface area (TPSA) is 147 Å². The number of nitrogens with zero attached hydrogens (tertiary/aromatic N) is 2. The molecule has 3 aromatic carbocycles. The van der Waals surface area contributed by atoms with Gasteiger partial charge in [0.25, 0.3) is 0 Å². The van der Waals surface area contributed by atoms with Crippen LogP contribution in [0.3, 0.4) is 0 Å². The average Bonchev–Trinajstić information content (AvgIpc) is 4.03. The van der Waals surface area contributed by atoms with Crippen molar-refractivity contribution in [2.75, 3.05) is 26.2 Å². The zero-order chi connectivity index (χ0) is 41.1. The Morgan fingerprint density at radius 3 is 2.28 bits per heavy atom. The fraction of sp³-hybridized carbons (Fsp3) is 0.390. The molecule has 0 radical (unpaired) electrons. The van der Waals surface area contributed by atoms with Crippen LogP contribution in [0.15, 0.2) is 84.0 Å². The van der Waals surface area contributed by atoms with Crippen LogP contribution >= 0.6 is 23.2 Å². The molecule has 2 bridgehead atoms. The maximum absolute atomic E-state index is 14.0. The first-order valence-corrected chi connectivity index (χ1v) is 21.1. The van der Waals surface area contributed by atoms with Crippen LogP contribution in [0, 0.1) is 24.0 Å². The number of sulfonamides is 1. The molecular weight excluding hydrogens is 819 g/mol. The van der Waals surface area contributed by atoms with Crippen molar-refractivity contribution in [2.24, 2.45) is 11.8 Å². The Hall–Kier alpha value is -4.54. The van der Waals surface area contributed by atoms with E-state index in [1.165, 1.54) is 36.4 Å². The van der Waals surface area contributed by atoms with Crippen LogP contribution in [0.4, 0.5) is 8.78 Å². The van der Waals surface area contributed by atoms with Gasteiger partial charge in [0.15, 0.2) is 23.9 Å². The van der Waals surface area contributed by atoms with E-state index in [2.05, 4.69) is 14.4 Å².